The van der Waals surface area contributed by atoms with E-state index in [2.05, 4.69) is 25.8 Å². The summed E-state index contributed by atoms with van der Waals surface area (Å²) in [4.78, 5) is 33.2. The summed E-state index contributed by atoms with van der Waals surface area (Å²) in [6.45, 7) is 10.2. The van der Waals surface area contributed by atoms with Gasteiger partial charge in [-0.3, -0.25) is 14.5 Å². The van der Waals surface area contributed by atoms with E-state index in [0.29, 0.717) is 6.42 Å². The van der Waals surface area contributed by atoms with E-state index in [0.717, 1.165) is 57.5 Å². The quantitative estimate of drug-likeness (QED) is 0.814. The molecule has 1 atom stereocenters. The van der Waals surface area contributed by atoms with Gasteiger partial charge in [-0.05, 0) is 45.7 Å². The lowest BCUT2D eigenvalue weighted by Gasteiger charge is -2.49. The van der Waals surface area contributed by atoms with Crippen LogP contribution in [0.4, 0.5) is 0 Å². The number of piperazine rings is 1. The summed E-state index contributed by atoms with van der Waals surface area (Å²) in [6.07, 6.45) is 3.26. The average molecular weight is 378 g/mol. The molecule has 0 radical (unpaired) electrons. The van der Waals surface area contributed by atoms with Gasteiger partial charge >= 0.3 is 0 Å². The molecule has 2 aliphatic rings. The van der Waals surface area contributed by atoms with Crippen molar-refractivity contribution in [3.8, 4) is 0 Å². The van der Waals surface area contributed by atoms with Crippen LogP contribution >= 0.6 is 11.3 Å². The molecule has 6 heteroatoms. The van der Waals surface area contributed by atoms with Crippen molar-refractivity contribution < 1.29 is 9.59 Å². The molecule has 2 fully saturated rings. The first-order chi connectivity index (χ1) is 12.4. The van der Waals surface area contributed by atoms with Crippen molar-refractivity contribution in [3.63, 3.8) is 0 Å². The third-order valence-corrected chi connectivity index (χ3v) is 7.31. The fraction of sp³-hybridized carbons (Fsp3) is 0.700. The lowest BCUT2D eigenvalue weighted by atomic mass is 9.86. The van der Waals surface area contributed by atoms with Crippen LogP contribution in [-0.4, -0.2) is 71.8 Å². The minimum Gasteiger partial charge on any atom is -0.343 e. The first-order valence-corrected chi connectivity index (χ1v) is 10.6. The zero-order valence-corrected chi connectivity index (χ0v) is 17.3. The van der Waals surface area contributed by atoms with E-state index in [1.54, 1.807) is 11.3 Å². The largest absolute Gasteiger partial charge is 0.343 e. The first kappa shape index (κ1) is 19.4. The van der Waals surface area contributed by atoms with Gasteiger partial charge in [-0.2, -0.15) is 0 Å². The Morgan fingerprint density at radius 1 is 1.23 bits per heavy atom. The Kier molecular flexibility index (Phi) is 5.72. The van der Waals surface area contributed by atoms with Crippen LogP contribution in [-0.2, 0) is 11.2 Å². The molecule has 1 aromatic heterocycles. The number of carbonyl (C=O) groups excluding carboxylic acids is 2. The molecule has 0 N–H and O–H groups in total. The Morgan fingerprint density at radius 3 is 2.69 bits per heavy atom. The van der Waals surface area contributed by atoms with E-state index in [4.69, 9.17) is 0 Å². The van der Waals surface area contributed by atoms with Gasteiger partial charge in [0.1, 0.15) is 0 Å². The molecule has 2 aliphatic heterocycles. The number of hydrogen-bond acceptors (Lipinski definition) is 4. The Balaban J connectivity index is 1.81. The van der Waals surface area contributed by atoms with Gasteiger partial charge in [-0.1, -0.05) is 6.92 Å². The third-order valence-electron chi connectivity index (χ3n) is 6.36. The monoisotopic (exact) mass is 377 g/mol. The molecule has 0 unspecified atom stereocenters. The van der Waals surface area contributed by atoms with Gasteiger partial charge in [0, 0.05) is 54.9 Å². The topological polar surface area (TPSA) is 43.9 Å². The number of rotatable bonds is 3. The normalized spacial score (nSPS) is 25.0. The van der Waals surface area contributed by atoms with Crippen LogP contribution in [0, 0.1) is 6.92 Å². The summed E-state index contributed by atoms with van der Waals surface area (Å²) >= 11 is 1.67. The molecule has 1 aromatic rings. The maximum absolute atomic E-state index is 13.2. The number of amides is 2. The minimum absolute atomic E-state index is 0.0784. The maximum atomic E-state index is 13.2. The van der Waals surface area contributed by atoms with Crippen LogP contribution in [0.1, 0.15) is 53.9 Å². The van der Waals surface area contributed by atoms with Gasteiger partial charge in [0.15, 0.2) is 0 Å². The molecular weight excluding hydrogens is 346 g/mol. The van der Waals surface area contributed by atoms with Crippen molar-refractivity contribution in [2.24, 2.45) is 0 Å². The summed E-state index contributed by atoms with van der Waals surface area (Å²) in [5, 5.41) is 2.02. The molecular formula is C20H31N3O2S. The molecule has 144 valence electrons. The second-order valence-corrected chi connectivity index (χ2v) is 8.72. The van der Waals surface area contributed by atoms with E-state index < -0.39 is 0 Å². The van der Waals surface area contributed by atoms with Crippen molar-refractivity contribution in [2.45, 2.75) is 52.0 Å². The summed E-state index contributed by atoms with van der Waals surface area (Å²) in [5.74, 6) is 0.421. The highest BCUT2D eigenvalue weighted by atomic mass is 32.1. The summed E-state index contributed by atoms with van der Waals surface area (Å²) in [6, 6.07) is 0. The van der Waals surface area contributed by atoms with Crippen molar-refractivity contribution >= 4 is 23.2 Å². The van der Waals surface area contributed by atoms with Crippen LogP contribution in [0.3, 0.4) is 0 Å². The molecule has 3 rings (SSSR count). The Bertz CT molecular complexity index is 687. The van der Waals surface area contributed by atoms with Gasteiger partial charge < -0.3 is 9.80 Å². The van der Waals surface area contributed by atoms with Crippen LogP contribution in [0.5, 0.6) is 0 Å². The van der Waals surface area contributed by atoms with Crippen molar-refractivity contribution in [1.82, 2.24) is 14.7 Å². The number of nitrogens with zero attached hydrogens (tertiary/aromatic N) is 3. The number of hydrogen-bond donors (Lipinski definition) is 0. The molecule has 0 aromatic carbocycles. The number of likely N-dealkylation sites (N-methyl/N-ethyl adjacent to an activating group) is 1. The molecule has 0 saturated carbocycles. The van der Waals surface area contributed by atoms with Gasteiger partial charge in [-0.25, -0.2) is 0 Å². The van der Waals surface area contributed by atoms with Crippen LogP contribution in [0.25, 0.3) is 0 Å². The summed E-state index contributed by atoms with van der Waals surface area (Å²) < 4.78 is 0. The molecule has 26 heavy (non-hydrogen) atoms. The predicted molar refractivity (Wildman–Crippen MR) is 106 cm³/mol. The highest BCUT2D eigenvalue weighted by molar-refractivity contribution is 7.10. The standard InChI is InChI=1S/C20H31N3O2S/c1-5-16-15(3)26-13-17(16)19(25)23-12-11-21(4)20(14-23)8-7-18(24)22(6-2)10-9-20/h13H,5-12,14H2,1-4H3/t20-/m0/s1. The van der Waals surface area contributed by atoms with E-state index in [-0.39, 0.29) is 17.4 Å². The number of aryl methyl sites for hydroxylation is 1. The summed E-state index contributed by atoms with van der Waals surface area (Å²) in [7, 11) is 2.15. The van der Waals surface area contributed by atoms with E-state index in [1.807, 2.05) is 22.1 Å². The molecule has 2 amide bonds. The maximum Gasteiger partial charge on any atom is 0.255 e. The second kappa shape index (κ2) is 7.69. The molecule has 0 bridgehead atoms. The fourth-order valence-electron chi connectivity index (χ4n) is 4.47. The lowest BCUT2D eigenvalue weighted by molar-refractivity contribution is -0.130. The van der Waals surface area contributed by atoms with Crippen molar-refractivity contribution in [2.75, 3.05) is 39.8 Å². The predicted octanol–water partition coefficient (Wildman–Crippen LogP) is 2.78. The molecule has 0 aliphatic carbocycles. The molecule has 5 nitrogen and oxygen atoms in total. The Hall–Kier alpha value is -1.40. The first-order valence-electron chi connectivity index (χ1n) is 9.77. The number of carbonyl (C=O) groups is 2. The molecule has 1 spiro atoms. The Morgan fingerprint density at radius 2 is 2.00 bits per heavy atom. The fourth-order valence-corrected chi connectivity index (χ4v) is 5.40. The van der Waals surface area contributed by atoms with Gasteiger partial charge in [0.2, 0.25) is 5.91 Å². The van der Waals surface area contributed by atoms with Gasteiger partial charge in [0.25, 0.3) is 5.91 Å². The lowest BCUT2D eigenvalue weighted by Crippen LogP contribution is -2.62. The smallest absolute Gasteiger partial charge is 0.255 e. The van der Waals surface area contributed by atoms with Crippen LogP contribution in [0.2, 0.25) is 0 Å². The molecule has 3 heterocycles. The summed E-state index contributed by atoms with van der Waals surface area (Å²) in [5.41, 5.74) is 2.00. The molecule has 2 saturated heterocycles. The minimum atomic E-state index is -0.0784. The number of thiophene rings is 1. The number of likely N-dealkylation sites (tertiary alicyclic amines) is 1. The van der Waals surface area contributed by atoms with Crippen molar-refractivity contribution in [3.05, 3.63) is 21.4 Å². The van der Waals surface area contributed by atoms with E-state index in [9.17, 15) is 9.59 Å². The second-order valence-electron chi connectivity index (χ2n) is 7.63. The van der Waals surface area contributed by atoms with Gasteiger partial charge in [-0.15, -0.1) is 11.3 Å². The van der Waals surface area contributed by atoms with E-state index in [1.165, 1.54) is 10.4 Å². The van der Waals surface area contributed by atoms with Crippen molar-refractivity contribution in [1.29, 1.82) is 0 Å². The zero-order chi connectivity index (χ0) is 18.9. The van der Waals surface area contributed by atoms with Gasteiger partial charge in [0.05, 0.1) is 5.56 Å². The third kappa shape index (κ3) is 3.41. The SMILES string of the molecule is CCc1c(C(=O)N2CCN(C)[C@]3(CCC(=O)N(CC)CC3)C2)csc1C. The Labute approximate surface area is 161 Å². The average Bonchev–Trinajstić information content (AvgIpc) is 2.94. The highest BCUT2D eigenvalue weighted by Crippen LogP contribution is 2.33. The van der Waals surface area contributed by atoms with Crippen LogP contribution in [0.15, 0.2) is 5.38 Å². The van der Waals surface area contributed by atoms with E-state index >= 15 is 0 Å². The van der Waals surface area contributed by atoms with Crippen LogP contribution < -0.4 is 0 Å². The highest BCUT2D eigenvalue weighted by Gasteiger charge is 2.43. The zero-order valence-electron chi connectivity index (χ0n) is 16.5.